The van der Waals surface area contributed by atoms with Crippen LogP contribution in [0.15, 0.2) is 77.9 Å². The summed E-state index contributed by atoms with van der Waals surface area (Å²) in [5.41, 5.74) is 5.65. The molecule has 0 heterocycles. The first-order chi connectivity index (χ1) is 16.6. The zero-order chi connectivity index (χ0) is 25.6. The summed E-state index contributed by atoms with van der Waals surface area (Å²) in [7, 11) is -3.75. The zero-order valence-corrected chi connectivity index (χ0v) is 21.0. The molecule has 3 aromatic rings. The van der Waals surface area contributed by atoms with Crippen molar-refractivity contribution in [2.45, 2.75) is 13.8 Å². The van der Waals surface area contributed by atoms with Crippen LogP contribution < -0.4 is 15.0 Å². The number of nitrogens with zero attached hydrogens (tertiary/aromatic N) is 2. The predicted molar refractivity (Wildman–Crippen MR) is 140 cm³/mol. The number of amides is 2. The van der Waals surface area contributed by atoms with E-state index >= 15 is 0 Å². The summed E-state index contributed by atoms with van der Waals surface area (Å²) >= 11 is 6.12. The van der Waals surface area contributed by atoms with E-state index in [1.807, 2.05) is 6.07 Å². The standard InChI is InChI=1S/C25H25ClN4O4S/c1-17-22(26)10-7-11-23(17)30(35(3,33)34)16-24(31)29-28-18(2)19-12-14-21(15-13-19)27-25(32)20-8-5-4-6-9-20/h4-15H,16H2,1-3H3,(H,27,32)(H,29,31). The van der Waals surface area contributed by atoms with Crippen LogP contribution in [0.3, 0.4) is 0 Å². The second-order valence-corrected chi connectivity index (χ2v) is 10.1. The maximum Gasteiger partial charge on any atom is 0.260 e. The number of carbonyl (C=O) groups excluding carboxylic acids is 2. The van der Waals surface area contributed by atoms with Crippen molar-refractivity contribution in [1.82, 2.24) is 5.43 Å². The van der Waals surface area contributed by atoms with E-state index in [2.05, 4.69) is 15.8 Å². The van der Waals surface area contributed by atoms with Gasteiger partial charge in [-0.1, -0.05) is 48.0 Å². The molecule has 0 fully saturated rings. The topological polar surface area (TPSA) is 108 Å². The normalized spacial score (nSPS) is 11.6. The molecular formula is C25H25ClN4O4S. The van der Waals surface area contributed by atoms with Crippen molar-refractivity contribution in [1.29, 1.82) is 0 Å². The van der Waals surface area contributed by atoms with Crippen LogP contribution in [-0.4, -0.2) is 38.7 Å². The fourth-order valence-corrected chi connectivity index (χ4v) is 4.29. The van der Waals surface area contributed by atoms with Gasteiger partial charge < -0.3 is 5.32 Å². The van der Waals surface area contributed by atoms with Crippen LogP contribution >= 0.6 is 11.6 Å². The SMILES string of the molecule is CC(=NNC(=O)CN(c1cccc(Cl)c1C)S(C)(=O)=O)c1ccc(NC(=O)c2ccccc2)cc1. The third kappa shape index (κ3) is 6.91. The fourth-order valence-electron chi connectivity index (χ4n) is 3.21. The molecular weight excluding hydrogens is 488 g/mol. The highest BCUT2D eigenvalue weighted by molar-refractivity contribution is 7.92. The van der Waals surface area contributed by atoms with Crippen LogP contribution in [-0.2, 0) is 14.8 Å². The number of carbonyl (C=O) groups is 2. The van der Waals surface area contributed by atoms with E-state index in [0.717, 1.165) is 10.6 Å². The summed E-state index contributed by atoms with van der Waals surface area (Å²) in [5.74, 6) is -0.831. The van der Waals surface area contributed by atoms with Crippen molar-refractivity contribution in [2.24, 2.45) is 5.10 Å². The molecule has 0 aromatic heterocycles. The van der Waals surface area contributed by atoms with Crippen molar-refractivity contribution in [2.75, 3.05) is 22.4 Å². The molecule has 0 saturated heterocycles. The van der Waals surface area contributed by atoms with Crippen molar-refractivity contribution < 1.29 is 18.0 Å². The Kier molecular flexibility index (Phi) is 8.26. The van der Waals surface area contributed by atoms with E-state index in [4.69, 9.17) is 11.6 Å². The molecule has 0 saturated carbocycles. The third-order valence-electron chi connectivity index (χ3n) is 5.14. The van der Waals surface area contributed by atoms with Gasteiger partial charge >= 0.3 is 0 Å². The number of halogens is 1. The highest BCUT2D eigenvalue weighted by Gasteiger charge is 2.23. The van der Waals surface area contributed by atoms with Crippen LogP contribution in [0.5, 0.6) is 0 Å². The van der Waals surface area contributed by atoms with Crippen molar-refractivity contribution in [3.8, 4) is 0 Å². The van der Waals surface area contributed by atoms with E-state index in [1.165, 1.54) is 0 Å². The molecule has 3 aromatic carbocycles. The first-order valence-corrected chi connectivity index (χ1v) is 12.8. The quantitative estimate of drug-likeness (QED) is 0.348. The van der Waals surface area contributed by atoms with Crippen LogP contribution in [0.25, 0.3) is 0 Å². The van der Waals surface area contributed by atoms with Crippen molar-refractivity contribution >= 4 is 50.5 Å². The maximum absolute atomic E-state index is 12.5. The van der Waals surface area contributed by atoms with Gasteiger partial charge in [0.1, 0.15) is 6.54 Å². The number of sulfonamides is 1. The molecule has 0 aliphatic rings. The molecule has 0 bridgehead atoms. The summed E-state index contributed by atoms with van der Waals surface area (Å²) in [6.45, 7) is 2.93. The highest BCUT2D eigenvalue weighted by atomic mass is 35.5. The molecule has 10 heteroatoms. The molecule has 2 amide bonds. The second-order valence-electron chi connectivity index (χ2n) is 7.78. The molecule has 0 aliphatic heterocycles. The predicted octanol–water partition coefficient (Wildman–Crippen LogP) is 4.21. The van der Waals surface area contributed by atoms with Gasteiger partial charge in [0.25, 0.3) is 11.8 Å². The van der Waals surface area contributed by atoms with Gasteiger partial charge in [-0.3, -0.25) is 13.9 Å². The summed E-state index contributed by atoms with van der Waals surface area (Å²) in [6, 6.07) is 20.7. The monoisotopic (exact) mass is 512 g/mol. The van der Waals surface area contributed by atoms with E-state index in [-0.39, 0.29) is 5.91 Å². The minimum absolute atomic E-state index is 0.221. The average Bonchev–Trinajstić information content (AvgIpc) is 2.83. The number of rotatable bonds is 8. The van der Waals surface area contributed by atoms with Gasteiger partial charge in [-0.25, -0.2) is 13.8 Å². The smallest absolute Gasteiger partial charge is 0.260 e. The maximum atomic E-state index is 12.5. The minimum atomic E-state index is -3.75. The second kappa shape index (κ2) is 11.2. The van der Waals surface area contributed by atoms with Gasteiger partial charge in [0.15, 0.2) is 0 Å². The largest absolute Gasteiger partial charge is 0.322 e. The number of nitrogens with one attached hydrogen (secondary N) is 2. The van der Waals surface area contributed by atoms with Crippen molar-refractivity contribution in [3.63, 3.8) is 0 Å². The van der Waals surface area contributed by atoms with Crippen molar-refractivity contribution in [3.05, 3.63) is 94.5 Å². The Labute approximate surface area is 209 Å². The number of benzene rings is 3. The summed E-state index contributed by atoms with van der Waals surface area (Å²) in [5, 5.41) is 7.29. The Morgan fingerprint density at radius 3 is 2.23 bits per heavy atom. The number of anilines is 2. The highest BCUT2D eigenvalue weighted by Crippen LogP contribution is 2.28. The Morgan fingerprint density at radius 2 is 1.60 bits per heavy atom. The molecule has 35 heavy (non-hydrogen) atoms. The molecule has 3 rings (SSSR count). The molecule has 0 spiro atoms. The average molecular weight is 513 g/mol. The lowest BCUT2D eigenvalue weighted by Gasteiger charge is -2.23. The molecule has 8 nitrogen and oxygen atoms in total. The summed E-state index contributed by atoms with van der Waals surface area (Å²) < 4.78 is 25.6. The van der Waals surface area contributed by atoms with Crippen LogP contribution in [0.1, 0.15) is 28.4 Å². The van der Waals surface area contributed by atoms with Crippen LogP contribution in [0.2, 0.25) is 5.02 Å². The lowest BCUT2D eigenvalue weighted by Crippen LogP contribution is -2.39. The number of hydrazone groups is 1. The first-order valence-electron chi connectivity index (χ1n) is 10.6. The summed E-state index contributed by atoms with van der Waals surface area (Å²) in [6.07, 6.45) is 1.02. The van der Waals surface area contributed by atoms with Crippen LogP contribution in [0, 0.1) is 6.92 Å². The van der Waals surface area contributed by atoms with Gasteiger partial charge in [0, 0.05) is 16.3 Å². The van der Waals surface area contributed by atoms with Crippen LogP contribution in [0.4, 0.5) is 11.4 Å². The molecule has 0 radical (unpaired) electrons. The lowest BCUT2D eigenvalue weighted by atomic mass is 10.1. The number of hydrogen-bond donors (Lipinski definition) is 2. The van der Waals surface area contributed by atoms with Gasteiger partial charge in [-0.15, -0.1) is 0 Å². The third-order valence-corrected chi connectivity index (χ3v) is 6.68. The molecule has 182 valence electrons. The Bertz CT molecular complexity index is 1360. The van der Waals surface area contributed by atoms with Gasteiger partial charge in [-0.05, 0) is 61.4 Å². The van der Waals surface area contributed by atoms with E-state index in [9.17, 15) is 18.0 Å². The van der Waals surface area contributed by atoms with E-state index < -0.39 is 22.5 Å². The molecule has 0 aliphatic carbocycles. The fraction of sp³-hybridized carbons (Fsp3) is 0.160. The Balaban J connectivity index is 1.66. The molecule has 0 unspecified atom stereocenters. The summed E-state index contributed by atoms with van der Waals surface area (Å²) in [4.78, 5) is 24.8. The van der Waals surface area contributed by atoms with Gasteiger partial charge in [-0.2, -0.15) is 5.10 Å². The van der Waals surface area contributed by atoms with Gasteiger partial charge in [0.05, 0.1) is 17.7 Å². The van der Waals surface area contributed by atoms with E-state index in [0.29, 0.717) is 38.8 Å². The minimum Gasteiger partial charge on any atom is -0.322 e. The Hall–Kier alpha value is -3.69. The van der Waals surface area contributed by atoms with Gasteiger partial charge in [0.2, 0.25) is 10.0 Å². The molecule has 0 atom stereocenters. The first kappa shape index (κ1) is 25.9. The lowest BCUT2D eigenvalue weighted by molar-refractivity contribution is -0.119. The molecule has 2 N–H and O–H groups in total. The number of hydrogen-bond acceptors (Lipinski definition) is 5. The van der Waals surface area contributed by atoms with E-state index in [1.54, 1.807) is 80.6 Å². The zero-order valence-electron chi connectivity index (χ0n) is 19.4. The Morgan fingerprint density at radius 1 is 0.943 bits per heavy atom.